The normalized spacial score (nSPS) is 22.8. The molecule has 0 radical (unpaired) electrons. The molecule has 4 heteroatoms. The number of morpholine rings is 1. The van der Waals surface area contributed by atoms with Gasteiger partial charge in [-0.25, -0.2) is 0 Å². The van der Waals surface area contributed by atoms with Crippen LogP contribution in [0.5, 0.6) is 5.75 Å². The summed E-state index contributed by atoms with van der Waals surface area (Å²) < 4.78 is 11.7. The highest BCUT2D eigenvalue weighted by molar-refractivity contribution is 5.36. The van der Waals surface area contributed by atoms with E-state index in [9.17, 15) is 0 Å². The Balaban J connectivity index is 2.32. The van der Waals surface area contributed by atoms with Crippen molar-refractivity contribution in [2.24, 2.45) is 5.73 Å². The Hall–Kier alpha value is -1.10. The second kappa shape index (κ2) is 5.95. The fourth-order valence-corrected chi connectivity index (χ4v) is 3.48. The molecule has 1 unspecified atom stereocenters. The van der Waals surface area contributed by atoms with E-state index in [-0.39, 0.29) is 17.2 Å². The number of methoxy groups -OCH3 is 1. The van der Waals surface area contributed by atoms with Crippen LogP contribution in [0.3, 0.4) is 0 Å². The van der Waals surface area contributed by atoms with Crippen LogP contribution >= 0.6 is 0 Å². The molecular formula is C17H28N2O2. The molecule has 1 fully saturated rings. The third-order valence-corrected chi connectivity index (χ3v) is 3.88. The largest absolute Gasteiger partial charge is 0.496 e. The number of benzene rings is 1. The number of hydrogen-bond acceptors (Lipinski definition) is 4. The summed E-state index contributed by atoms with van der Waals surface area (Å²) in [6.07, 6.45) is 0. The molecular weight excluding hydrogens is 264 g/mol. The monoisotopic (exact) mass is 292 g/mol. The summed E-state index contributed by atoms with van der Waals surface area (Å²) in [6.45, 7) is 10.8. The Bertz CT molecular complexity index is 469. The average molecular weight is 292 g/mol. The maximum atomic E-state index is 6.16. The number of nitrogens with two attached hydrogens (primary N) is 1. The lowest BCUT2D eigenvalue weighted by molar-refractivity contribution is -0.187. The fourth-order valence-electron chi connectivity index (χ4n) is 3.48. The first-order chi connectivity index (χ1) is 9.78. The quantitative estimate of drug-likeness (QED) is 0.926. The molecule has 0 spiro atoms. The van der Waals surface area contributed by atoms with E-state index in [4.69, 9.17) is 15.2 Å². The summed E-state index contributed by atoms with van der Waals surface area (Å²) in [6, 6.07) is 8.27. The molecule has 1 aromatic rings. The highest BCUT2D eigenvalue weighted by Gasteiger charge is 2.40. The van der Waals surface area contributed by atoms with Crippen LogP contribution in [0.25, 0.3) is 0 Å². The van der Waals surface area contributed by atoms with Crippen molar-refractivity contribution in [3.05, 3.63) is 29.8 Å². The van der Waals surface area contributed by atoms with Crippen LogP contribution < -0.4 is 10.5 Å². The van der Waals surface area contributed by atoms with Crippen LogP contribution in [0.1, 0.15) is 39.3 Å². The Morgan fingerprint density at radius 1 is 1.19 bits per heavy atom. The lowest BCUT2D eigenvalue weighted by atomic mass is 9.94. The topological polar surface area (TPSA) is 47.7 Å². The van der Waals surface area contributed by atoms with E-state index in [1.54, 1.807) is 7.11 Å². The van der Waals surface area contributed by atoms with E-state index in [1.165, 1.54) is 0 Å². The SMILES string of the molecule is COc1ccccc1C(CN)N1CC(C)(C)OC(C)(C)C1. The van der Waals surface area contributed by atoms with Crippen molar-refractivity contribution in [2.45, 2.75) is 44.9 Å². The molecule has 1 aliphatic rings. The summed E-state index contributed by atoms with van der Waals surface area (Å²) in [5, 5.41) is 0. The maximum Gasteiger partial charge on any atom is 0.123 e. The Labute approximate surface area is 128 Å². The molecule has 0 bridgehead atoms. The first-order valence-corrected chi connectivity index (χ1v) is 7.55. The van der Waals surface area contributed by atoms with Gasteiger partial charge in [0.05, 0.1) is 24.4 Å². The zero-order valence-electron chi connectivity index (χ0n) is 13.8. The first-order valence-electron chi connectivity index (χ1n) is 7.55. The van der Waals surface area contributed by atoms with Crippen molar-refractivity contribution in [3.8, 4) is 5.75 Å². The van der Waals surface area contributed by atoms with Crippen LogP contribution in [-0.4, -0.2) is 42.8 Å². The zero-order valence-corrected chi connectivity index (χ0v) is 13.8. The van der Waals surface area contributed by atoms with Crippen molar-refractivity contribution in [3.63, 3.8) is 0 Å². The molecule has 21 heavy (non-hydrogen) atoms. The highest BCUT2D eigenvalue weighted by atomic mass is 16.5. The molecule has 118 valence electrons. The van der Waals surface area contributed by atoms with Gasteiger partial charge in [0.1, 0.15) is 5.75 Å². The van der Waals surface area contributed by atoms with Crippen molar-refractivity contribution in [1.82, 2.24) is 4.90 Å². The molecule has 1 saturated heterocycles. The number of rotatable bonds is 4. The molecule has 0 aromatic heterocycles. The van der Waals surface area contributed by atoms with Crippen molar-refractivity contribution >= 4 is 0 Å². The van der Waals surface area contributed by atoms with Gasteiger partial charge in [0.25, 0.3) is 0 Å². The molecule has 0 aliphatic carbocycles. The molecule has 1 atom stereocenters. The summed E-state index contributed by atoms with van der Waals surface area (Å²) in [5.74, 6) is 0.898. The van der Waals surface area contributed by atoms with E-state index < -0.39 is 0 Å². The highest BCUT2D eigenvalue weighted by Crippen LogP contribution is 2.35. The van der Waals surface area contributed by atoms with Crippen LogP contribution in [0.2, 0.25) is 0 Å². The predicted molar refractivity (Wildman–Crippen MR) is 85.6 cm³/mol. The molecule has 1 aromatic carbocycles. The van der Waals surface area contributed by atoms with Gasteiger partial charge < -0.3 is 15.2 Å². The summed E-state index contributed by atoms with van der Waals surface area (Å²) in [7, 11) is 1.71. The van der Waals surface area contributed by atoms with Crippen LogP contribution in [0.4, 0.5) is 0 Å². The first kappa shape index (κ1) is 16.3. The maximum absolute atomic E-state index is 6.16. The van der Waals surface area contributed by atoms with Gasteiger partial charge in [-0.2, -0.15) is 0 Å². The van der Waals surface area contributed by atoms with Gasteiger partial charge in [-0.3, -0.25) is 4.90 Å². The summed E-state index contributed by atoms with van der Waals surface area (Å²) in [5.41, 5.74) is 6.88. The molecule has 0 saturated carbocycles. The minimum atomic E-state index is -0.183. The molecule has 4 nitrogen and oxygen atoms in total. The molecule has 0 amide bonds. The van der Waals surface area contributed by atoms with E-state index in [2.05, 4.69) is 38.7 Å². The van der Waals surface area contributed by atoms with Gasteiger partial charge in [0.15, 0.2) is 0 Å². The van der Waals surface area contributed by atoms with E-state index in [0.717, 1.165) is 24.4 Å². The van der Waals surface area contributed by atoms with Gasteiger partial charge in [-0.1, -0.05) is 18.2 Å². The Morgan fingerprint density at radius 3 is 2.29 bits per heavy atom. The molecule has 1 aliphatic heterocycles. The Kier molecular flexibility index (Phi) is 4.61. The van der Waals surface area contributed by atoms with Crippen LogP contribution in [0.15, 0.2) is 24.3 Å². The second-order valence-corrected chi connectivity index (χ2v) is 7.02. The summed E-state index contributed by atoms with van der Waals surface area (Å²) in [4.78, 5) is 2.42. The molecule has 1 heterocycles. The zero-order chi connectivity index (χ0) is 15.7. The smallest absolute Gasteiger partial charge is 0.123 e. The van der Waals surface area contributed by atoms with Crippen molar-refractivity contribution in [1.29, 1.82) is 0 Å². The minimum Gasteiger partial charge on any atom is -0.496 e. The second-order valence-electron chi connectivity index (χ2n) is 7.02. The molecule has 2 rings (SSSR count). The lowest BCUT2D eigenvalue weighted by Gasteiger charge is -2.49. The Morgan fingerprint density at radius 2 is 1.76 bits per heavy atom. The number of nitrogens with zero attached hydrogens (tertiary/aromatic N) is 1. The lowest BCUT2D eigenvalue weighted by Crippen LogP contribution is -2.58. The third kappa shape index (κ3) is 3.76. The van der Waals surface area contributed by atoms with Crippen molar-refractivity contribution < 1.29 is 9.47 Å². The van der Waals surface area contributed by atoms with Crippen molar-refractivity contribution in [2.75, 3.05) is 26.7 Å². The van der Waals surface area contributed by atoms with Gasteiger partial charge in [-0.05, 0) is 33.8 Å². The van der Waals surface area contributed by atoms with Crippen LogP contribution in [0, 0.1) is 0 Å². The van der Waals surface area contributed by atoms with E-state index in [1.807, 2.05) is 18.2 Å². The number of ether oxygens (including phenoxy) is 2. The third-order valence-electron chi connectivity index (χ3n) is 3.88. The van der Waals surface area contributed by atoms with Crippen LogP contribution in [-0.2, 0) is 4.74 Å². The number of hydrogen-bond donors (Lipinski definition) is 1. The molecule has 2 N–H and O–H groups in total. The van der Waals surface area contributed by atoms with E-state index in [0.29, 0.717) is 6.54 Å². The minimum absolute atomic E-state index is 0.142. The summed E-state index contributed by atoms with van der Waals surface area (Å²) >= 11 is 0. The standard InChI is InChI=1S/C17H28N2O2/c1-16(2)11-19(12-17(3,4)21-16)14(10-18)13-8-6-7-9-15(13)20-5/h6-9,14H,10-12,18H2,1-5H3. The van der Waals surface area contributed by atoms with Gasteiger partial charge in [0.2, 0.25) is 0 Å². The van der Waals surface area contributed by atoms with Gasteiger partial charge >= 0.3 is 0 Å². The average Bonchev–Trinajstić information content (AvgIpc) is 2.36. The van der Waals surface area contributed by atoms with Gasteiger partial charge in [0, 0.05) is 25.2 Å². The van der Waals surface area contributed by atoms with Gasteiger partial charge in [-0.15, -0.1) is 0 Å². The predicted octanol–water partition coefficient (Wildman–Crippen LogP) is 2.58. The number of para-hydroxylation sites is 1. The van der Waals surface area contributed by atoms with E-state index >= 15 is 0 Å². The fraction of sp³-hybridized carbons (Fsp3) is 0.647.